The maximum atomic E-state index is 11.2. The summed E-state index contributed by atoms with van der Waals surface area (Å²) in [5.41, 5.74) is 0.276. The number of nitrogens with zero attached hydrogens (tertiary/aromatic N) is 1. The second-order valence-electron chi connectivity index (χ2n) is 2.02. The van der Waals surface area contributed by atoms with Crippen LogP contribution in [-0.2, 0) is 0 Å². The Bertz CT molecular complexity index is 296. The Hall–Kier alpha value is -0.120. The summed E-state index contributed by atoms with van der Waals surface area (Å²) < 4.78 is 0. The first-order valence-corrected chi connectivity index (χ1v) is 4.93. The van der Waals surface area contributed by atoms with Crippen LogP contribution < -0.4 is 0 Å². The van der Waals surface area contributed by atoms with Gasteiger partial charge in [-0.25, -0.2) is 4.98 Å². The number of aromatic nitrogens is 1. The minimum Gasteiger partial charge on any atom is -0.293 e. The van der Waals surface area contributed by atoms with E-state index in [9.17, 15) is 4.79 Å². The summed E-state index contributed by atoms with van der Waals surface area (Å²) in [4.78, 5) is 14.9. The quantitative estimate of drug-likeness (QED) is 0.469. The van der Waals surface area contributed by atoms with Crippen molar-refractivity contribution in [2.24, 2.45) is 0 Å². The van der Waals surface area contributed by atoms with Gasteiger partial charge in [0.1, 0.15) is 5.15 Å². The van der Waals surface area contributed by atoms with Crippen molar-refractivity contribution in [1.82, 2.24) is 4.98 Å². The summed E-state index contributed by atoms with van der Waals surface area (Å²) in [7, 11) is 0. The Balaban J connectivity index is 3.21. The smallest absolute Gasteiger partial charge is 0.177 e. The molecule has 0 atom stereocenters. The number of carbonyl (C=O) groups is 1. The van der Waals surface area contributed by atoms with Gasteiger partial charge in [-0.15, -0.1) is 0 Å². The van der Waals surface area contributed by atoms with Gasteiger partial charge in [0.25, 0.3) is 0 Å². The monoisotopic (exact) mass is 267 g/mol. The van der Waals surface area contributed by atoms with E-state index in [1.165, 1.54) is 12.3 Å². The molecule has 1 heterocycles. The molecule has 0 aliphatic rings. The van der Waals surface area contributed by atoms with E-state index < -0.39 is 0 Å². The first-order chi connectivity index (χ1) is 5.66. The van der Waals surface area contributed by atoms with Gasteiger partial charge in [-0.2, -0.15) is 0 Å². The van der Waals surface area contributed by atoms with E-state index in [1.54, 1.807) is 0 Å². The second kappa shape index (κ2) is 4.21. The Morgan fingerprint density at radius 3 is 2.75 bits per heavy atom. The molecule has 0 bridgehead atoms. The maximum absolute atomic E-state index is 11.2. The highest BCUT2D eigenvalue weighted by molar-refractivity contribution is 9.09. The SMILES string of the molecule is O=C(CBr)c1c(Cl)ccnc1Cl. The molecule has 64 valence electrons. The van der Waals surface area contributed by atoms with Gasteiger partial charge < -0.3 is 0 Å². The van der Waals surface area contributed by atoms with Gasteiger partial charge in [0, 0.05) is 6.20 Å². The summed E-state index contributed by atoms with van der Waals surface area (Å²) in [6.45, 7) is 0. The van der Waals surface area contributed by atoms with Crippen LogP contribution in [0.15, 0.2) is 12.3 Å². The lowest BCUT2D eigenvalue weighted by Gasteiger charge is -2.01. The Kier molecular flexibility index (Phi) is 3.50. The van der Waals surface area contributed by atoms with Crippen LogP contribution in [0.4, 0.5) is 0 Å². The molecule has 0 aromatic carbocycles. The van der Waals surface area contributed by atoms with Crippen molar-refractivity contribution in [3.05, 3.63) is 28.0 Å². The van der Waals surface area contributed by atoms with Crippen LogP contribution in [0.25, 0.3) is 0 Å². The molecule has 5 heteroatoms. The van der Waals surface area contributed by atoms with Gasteiger partial charge in [-0.1, -0.05) is 39.1 Å². The molecule has 0 unspecified atom stereocenters. The third-order valence-electron chi connectivity index (χ3n) is 1.25. The normalized spacial score (nSPS) is 9.92. The van der Waals surface area contributed by atoms with Crippen LogP contribution in [0, 0.1) is 0 Å². The van der Waals surface area contributed by atoms with Gasteiger partial charge in [-0.05, 0) is 6.07 Å². The second-order valence-corrected chi connectivity index (χ2v) is 3.34. The molecule has 0 N–H and O–H groups in total. The fourth-order valence-electron chi connectivity index (χ4n) is 0.730. The van der Waals surface area contributed by atoms with Crippen molar-refractivity contribution in [3.8, 4) is 0 Å². The number of carbonyl (C=O) groups excluding carboxylic acids is 1. The number of ketones is 1. The first-order valence-electron chi connectivity index (χ1n) is 3.06. The van der Waals surface area contributed by atoms with Crippen molar-refractivity contribution < 1.29 is 4.79 Å². The van der Waals surface area contributed by atoms with E-state index in [0.717, 1.165) is 0 Å². The molecule has 0 aliphatic carbocycles. The van der Waals surface area contributed by atoms with Gasteiger partial charge >= 0.3 is 0 Å². The van der Waals surface area contributed by atoms with E-state index in [2.05, 4.69) is 20.9 Å². The van der Waals surface area contributed by atoms with Crippen LogP contribution in [0.1, 0.15) is 10.4 Å². The lowest BCUT2D eigenvalue weighted by Crippen LogP contribution is -2.02. The van der Waals surface area contributed by atoms with Crippen molar-refractivity contribution in [2.45, 2.75) is 0 Å². The molecule has 0 saturated carbocycles. The van der Waals surface area contributed by atoms with E-state index in [1.807, 2.05) is 0 Å². The van der Waals surface area contributed by atoms with Gasteiger partial charge in [0.15, 0.2) is 5.78 Å². The molecule has 0 amide bonds. The fraction of sp³-hybridized carbons (Fsp3) is 0.143. The highest BCUT2D eigenvalue weighted by Crippen LogP contribution is 2.22. The molecule has 0 fully saturated rings. The van der Waals surface area contributed by atoms with Crippen molar-refractivity contribution in [2.75, 3.05) is 5.33 Å². The number of alkyl halides is 1. The largest absolute Gasteiger partial charge is 0.293 e. The third kappa shape index (κ3) is 1.97. The van der Waals surface area contributed by atoms with Gasteiger partial charge in [0.2, 0.25) is 0 Å². The molecule has 1 aromatic heterocycles. The minimum absolute atomic E-state index is 0.145. The van der Waals surface area contributed by atoms with E-state index in [-0.39, 0.29) is 21.8 Å². The summed E-state index contributed by atoms with van der Waals surface area (Å²) in [5.74, 6) is -0.168. The molecule has 0 spiro atoms. The van der Waals surface area contributed by atoms with E-state index in [4.69, 9.17) is 23.2 Å². The molecule has 0 radical (unpaired) electrons. The van der Waals surface area contributed by atoms with Crippen LogP contribution in [0.3, 0.4) is 0 Å². The summed E-state index contributed by atoms with van der Waals surface area (Å²) in [6, 6.07) is 1.53. The highest BCUT2D eigenvalue weighted by Gasteiger charge is 2.13. The van der Waals surface area contributed by atoms with Gasteiger partial charge in [0.05, 0.1) is 15.9 Å². The van der Waals surface area contributed by atoms with Gasteiger partial charge in [-0.3, -0.25) is 4.79 Å². The van der Waals surface area contributed by atoms with Crippen molar-refractivity contribution in [3.63, 3.8) is 0 Å². The molecule has 0 aliphatic heterocycles. The first kappa shape index (κ1) is 9.96. The summed E-state index contributed by atoms with van der Waals surface area (Å²) in [6.07, 6.45) is 1.45. The zero-order valence-electron chi connectivity index (χ0n) is 5.85. The molecule has 12 heavy (non-hydrogen) atoms. The van der Waals surface area contributed by atoms with Crippen molar-refractivity contribution >= 4 is 44.9 Å². The Labute approximate surface area is 88.0 Å². The number of Topliss-reactive ketones (excluding diaryl/α,β-unsaturated/α-hetero) is 1. The number of rotatable bonds is 2. The average Bonchev–Trinajstić information content (AvgIpc) is 2.03. The highest BCUT2D eigenvalue weighted by atomic mass is 79.9. The lowest BCUT2D eigenvalue weighted by molar-refractivity contribution is 0.102. The predicted octanol–water partition coefficient (Wildman–Crippen LogP) is 2.97. The topological polar surface area (TPSA) is 30.0 Å². The summed E-state index contributed by atoms with van der Waals surface area (Å²) in [5, 5.41) is 0.671. The average molecular weight is 269 g/mol. The van der Waals surface area contributed by atoms with Crippen LogP contribution in [-0.4, -0.2) is 16.1 Å². The van der Waals surface area contributed by atoms with E-state index in [0.29, 0.717) is 5.02 Å². The Morgan fingerprint density at radius 1 is 1.58 bits per heavy atom. The number of hydrogen-bond donors (Lipinski definition) is 0. The Morgan fingerprint density at radius 2 is 2.25 bits per heavy atom. The molecule has 2 nitrogen and oxygen atoms in total. The zero-order chi connectivity index (χ0) is 9.14. The lowest BCUT2D eigenvalue weighted by atomic mass is 10.2. The minimum atomic E-state index is -0.168. The number of pyridine rings is 1. The molecule has 0 saturated heterocycles. The summed E-state index contributed by atoms with van der Waals surface area (Å²) >= 11 is 14.4. The zero-order valence-corrected chi connectivity index (χ0v) is 8.95. The van der Waals surface area contributed by atoms with Crippen LogP contribution in [0.5, 0.6) is 0 Å². The standard InChI is InChI=1S/C7H4BrCl2NO/c8-3-5(12)6-4(9)1-2-11-7(6)10/h1-2H,3H2. The molecule has 1 rings (SSSR count). The fourth-order valence-corrected chi connectivity index (χ4v) is 1.57. The molecule has 1 aromatic rings. The van der Waals surface area contributed by atoms with E-state index >= 15 is 0 Å². The van der Waals surface area contributed by atoms with Crippen LogP contribution in [0.2, 0.25) is 10.2 Å². The predicted molar refractivity (Wildman–Crippen MR) is 52.4 cm³/mol. The van der Waals surface area contributed by atoms with Crippen molar-refractivity contribution in [1.29, 1.82) is 0 Å². The number of hydrogen-bond acceptors (Lipinski definition) is 2. The maximum Gasteiger partial charge on any atom is 0.177 e. The van der Waals surface area contributed by atoms with Crippen LogP contribution >= 0.6 is 39.1 Å². The third-order valence-corrected chi connectivity index (χ3v) is 2.36. The number of halogens is 3. The molecular weight excluding hydrogens is 265 g/mol. The molecular formula is C7H4BrCl2NO.